The predicted octanol–water partition coefficient (Wildman–Crippen LogP) is 1.72. The molecule has 0 bridgehead atoms. The molecule has 2 rings (SSSR count). The number of benzene rings is 1. The molecule has 1 saturated heterocycles. The third kappa shape index (κ3) is 4.55. The average molecular weight is 289 g/mol. The Morgan fingerprint density at radius 3 is 2.71 bits per heavy atom. The standard InChI is InChI=1S/C17H27N3O/c1-17(14-18-16(21)13-19(2)3)10-7-11-20(17)12-15-8-5-4-6-9-15/h4-6,8-9H,7,10-14H2,1-3H3,(H,18,21)/t17-/m1/s1. The quantitative estimate of drug-likeness (QED) is 0.866. The van der Waals surface area contributed by atoms with Crippen molar-refractivity contribution in [2.75, 3.05) is 33.7 Å². The topological polar surface area (TPSA) is 35.6 Å². The molecule has 0 unspecified atom stereocenters. The highest BCUT2D eigenvalue weighted by Gasteiger charge is 2.36. The molecule has 1 aliphatic heterocycles. The number of nitrogens with zero attached hydrogens (tertiary/aromatic N) is 2. The Bertz CT molecular complexity index is 460. The van der Waals surface area contributed by atoms with Crippen LogP contribution in [-0.2, 0) is 11.3 Å². The van der Waals surface area contributed by atoms with Crippen molar-refractivity contribution in [2.24, 2.45) is 0 Å². The zero-order valence-electron chi connectivity index (χ0n) is 13.4. The van der Waals surface area contributed by atoms with Crippen LogP contribution in [-0.4, -0.2) is 55.0 Å². The lowest BCUT2D eigenvalue weighted by molar-refractivity contribution is -0.122. The highest BCUT2D eigenvalue weighted by atomic mass is 16.2. The van der Waals surface area contributed by atoms with Crippen molar-refractivity contribution in [3.8, 4) is 0 Å². The number of carbonyl (C=O) groups excluding carboxylic acids is 1. The van der Waals surface area contributed by atoms with Crippen molar-refractivity contribution in [1.29, 1.82) is 0 Å². The Balaban J connectivity index is 1.91. The van der Waals surface area contributed by atoms with Crippen LogP contribution in [0.5, 0.6) is 0 Å². The van der Waals surface area contributed by atoms with Crippen LogP contribution in [0.25, 0.3) is 0 Å². The van der Waals surface area contributed by atoms with Gasteiger partial charge in [0.2, 0.25) is 5.91 Å². The largest absolute Gasteiger partial charge is 0.353 e. The second-order valence-electron chi connectivity index (χ2n) is 6.52. The highest BCUT2D eigenvalue weighted by Crippen LogP contribution is 2.29. The van der Waals surface area contributed by atoms with Crippen LogP contribution in [0.15, 0.2) is 30.3 Å². The SMILES string of the molecule is CN(C)CC(=O)NC[C@@]1(C)CCCN1Cc1ccccc1. The summed E-state index contributed by atoms with van der Waals surface area (Å²) < 4.78 is 0. The van der Waals surface area contributed by atoms with E-state index in [9.17, 15) is 4.79 Å². The Labute approximate surface area is 128 Å². The molecule has 4 nitrogen and oxygen atoms in total. The lowest BCUT2D eigenvalue weighted by Crippen LogP contribution is -2.50. The molecule has 0 aromatic heterocycles. The molecule has 1 amide bonds. The summed E-state index contributed by atoms with van der Waals surface area (Å²) in [6.45, 7) is 5.51. The van der Waals surface area contributed by atoms with E-state index in [1.54, 1.807) is 0 Å². The fraction of sp³-hybridized carbons (Fsp3) is 0.588. The van der Waals surface area contributed by atoms with Gasteiger partial charge in [0.25, 0.3) is 0 Å². The molecule has 1 atom stereocenters. The van der Waals surface area contributed by atoms with Gasteiger partial charge in [-0.1, -0.05) is 30.3 Å². The molecule has 0 saturated carbocycles. The number of hydrogen-bond acceptors (Lipinski definition) is 3. The van der Waals surface area contributed by atoms with Gasteiger partial charge in [-0.25, -0.2) is 0 Å². The van der Waals surface area contributed by atoms with Crippen molar-refractivity contribution in [3.05, 3.63) is 35.9 Å². The first-order chi connectivity index (χ1) is 9.99. The van der Waals surface area contributed by atoms with Crippen molar-refractivity contribution < 1.29 is 4.79 Å². The summed E-state index contributed by atoms with van der Waals surface area (Å²) in [6, 6.07) is 10.6. The Hall–Kier alpha value is -1.39. The first-order valence-corrected chi connectivity index (χ1v) is 7.70. The summed E-state index contributed by atoms with van der Waals surface area (Å²) >= 11 is 0. The van der Waals surface area contributed by atoms with Crippen molar-refractivity contribution in [3.63, 3.8) is 0 Å². The van der Waals surface area contributed by atoms with Gasteiger partial charge in [-0.15, -0.1) is 0 Å². The van der Waals surface area contributed by atoms with E-state index in [4.69, 9.17) is 0 Å². The first-order valence-electron chi connectivity index (χ1n) is 7.70. The summed E-state index contributed by atoms with van der Waals surface area (Å²) in [5.74, 6) is 0.104. The normalized spacial score (nSPS) is 22.7. The third-order valence-electron chi connectivity index (χ3n) is 4.25. The molecule has 1 aliphatic rings. The molecular weight excluding hydrogens is 262 g/mol. The van der Waals surface area contributed by atoms with E-state index in [0.717, 1.165) is 26.1 Å². The summed E-state index contributed by atoms with van der Waals surface area (Å²) in [5, 5.41) is 3.09. The predicted molar refractivity (Wildman–Crippen MR) is 86.1 cm³/mol. The Morgan fingerprint density at radius 2 is 2.05 bits per heavy atom. The van der Waals surface area contributed by atoms with Gasteiger partial charge in [0.05, 0.1) is 6.54 Å². The number of carbonyl (C=O) groups is 1. The minimum absolute atomic E-state index is 0.0673. The van der Waals surface area contributed by atoms with Gasteiger partial charge in [-0.05, 0) is 46.0 Å². The second-order valence-corrected chi connectivity index (χ2v) is 6.52. The maximum atomic E-state index is 11.8. The molecule has 1 heterocycles. The summed E-state index contributed by atoms with van der Waals surface area (Å²) in [5.41, 5.74) is 1.41. The fourth-order valence-electron chi connectivity index (χ4n) is 2.98. The zero-order valence-corrected chi connectivity index (χ0v) is 13.4. The number of hydrogen-bond donors (Lipinski definition) is 1. The van der Waals surface area contributed by atoms with Crippen LogP contribution in [0, 0.1) is 0 Å². The van der Waals surface area contributed by atoms with Gasteiger partial charge in [-0.3, -0.25) is 9.69 Å². The molecule has 0 spiro atoms. The van der Waals surface area contributed by atoms with Crippen molar-refractivity contribution in [2.45, 2.75) is 31.8 Å². The molecule has 1 fully saturated rings. The van der Waals surface area contributed by atoms with E-state index in [1.165, 1.54) is 12.0 Å². The van der Waals surface area contributed by atoms with Crippen LogP contribution in [0.3, 0.4) is 0 Å². The van der Waals surface area contributed by atoms with E-state index in [-0.39, 0.29) is 11.4 Å². The van der Waals surface area contributed by atoms with Crippen LogP contribution in [0.1, 0.15) is 25.3 Å². The highest BCUT2D eigenvalue weighted by molar-refractivity contribution is 5.78. The second kappa shape index (κ2) is 7.05. The minimum Gasteiger partial charge on any atom is -0.353 e. The number of amides is 1. The molecular formula is C17H27N3O. The van der Waals surface area contributed by atoms with Crippen molar-refractivity contribution in [1.82, 2.24) is 15.1 Å². The van der Waals surface area contributed by atoms with Crippen LogP contribution in [0.4, 0.5) is 0 Å². The van der Waals surface area contributed by atoms with Gasteiger partial charge < -0.3 is 10.2 Å². The molecule has 1 aromatic carbocycles. The molecule has 1 N–H and O–H groups in total. The molecule has 4 heteroatoms. The molecule has 21 heavy (non-hydrogen) atoms. The third-order valence-corrected chi connectivity index (χ3v) is 4.25. The Kier molecular flexibility index (Phi) is 5.37. The van der Waals surface area contributed by atoms with Gasteiger partial charge in [-0.2, -0.15) is 0 Å². The maximum absolute atomic E-state index is 11.8. The number of nitrogens with one attached hydrogen (secondary N) is 1. The lowest BCUT2D eigenvalue weighted by Gasteiger charge is -2.35. The lowest BCUT2D eigenvalue weighted by atomic mass is 9.98. The van der Waals surface area contributed by atoms with E-state index >= 15 is 0 Å². The van der Waals surface area contributed by atoms with E-state index in [2.05, 4.69) is 41.4 Å². The molecule has 0 radical (unpaired) electrons. The minimum atomic E-state index is 0.0673. The van der Waals surface area contributed by atoms with Gasteiger partial charge in [0.15, 0.2) is 0 Å². The summed E-state index contributed by atoms with van der Waals surface area (Å²) in [6.07, 6.45) is 2.34. The Morgan fingerprint density at radius 1 is 1.33 bits per heavy atom. The maximum Gasteiger partial charge on any atom is 0.234 e. The number of likely N-dealkylation sites (N-methyl/N-ethyl adjacent to an activating group) is 1. The summed E-state index contributed by atoms with van der Waals surface area (Å²) in [4.78, 5) is 16.2. The average Bonchev–Trinajstić information content (AvgIpc) is 2.79. The van der Waals surface area contributed by atoms with Gasteiger partial charge in [0, 0.05) is 18.6 Å². The van der Waals surface area contributed by atoms with Gasteiger partial charge in [0.1, 0.15) is 0 Å². The first kappa shape index (κ1) is 16.0. The fourth-order valence-corrected chi connectivity index (χ4v) is 2.98. The van der Waals surface area contributed by atoms with E-state index < -0.39 is 0 Å². The number of rotatable bonds is 6. The monoisotopic (exact) mass is 289 g/mol. The van der Waals surface area contributed by atoms with Crippen molar-refractivity contribution >= 4 is 5.91 Å². The van der Waals surface area contributed by atoms with Gasteiger partial charge >= 0.3 is 0 Å². The zero-order chi connectivity index (χ0) is 15.3. The van der Waals surface area contributed by atoms with Crippen LogP contribution >= 0.6 is 0 Å². The van der Waals surface area contributed by atoms with Crippen LogP contribution < -0.4 is 5.32 Å². The smallest absolute Gasteiger partial charge is 0.234 e. The van der Waals surface area contributed by atoms with E-state index in [1.807, 2.05) is 25.1 Å². The van der Waals surface area contributed by atoms with E-state index in [0.29, 0.717) is 6.54 Å². The molecule has 1 aromatic rings. The molecule has 116 valence electrons. The van der Waals surface area contributed by atoms with Crippen LogP contribution in [0.2, 0.25) is 0 Å². The number of likely N-dealkylation sites (tertiary alicyclic amines) is 1. The summed E-state index contributed by atoms with van der Waals surface area (Å²) in [7, 11) is 3.83. The molecule has 0 aliphatic carbocycles.